The second-order valence-corrected chi connectivity index (χ2v) is 6.46. The lowest BCUT2D eigenvalue weighted by Gasteiger charge is -2.24. The molecule has 128 valence electrons. The number of nitrogens with zero attached hydrogens (tertiary/aromatic N) is 2. The molecule has 1 aromatic carbocycles. The van der Waals surface area contributed by atoms with Crippen molar-refractivity contribution in [3.05, 3.63) is 46.9 Å². The smallest absolute Gasteiger partial charge is 0.329 e. The van der Waals surface area contributed by atoms with Crippen LogP contribution in [0.4, 0.5) is 0 Å². The molecule has 24 heavy (non-hydrogen) atoms. The summed E-state index contributed by atoms with van der Waals surface area (Å²) >= 11 is 0. The number of hydrogen-bond acceptors (Lipinski definition) is 3. The lowest BCUT2D eigenvalue weighted by Crippen LogP contribution is -2.29. The number of carbonyl (C=O) groups excluding carboxylic acids is 1. The summed E-state index contributed by atoms with van der Waals surface area (Å²) < 4.78 is 8.64. The van der Waals surface area contributed by atoms with E-state index in [0.29, 0.717) is 25.0 Å². The third-order valence-corrected chi connectivity index (χ3v) is 4.91. The summed E-state index contributed by atoms with van der Waals surface area (Å²) in [7, 11) is 0. The fourth-order valence-corrected chi connectivity index (χ4v) is 3.34. The lowest BCUT2D eigenvalue weighted by atomic mass is 9.85. The van der Waals surface area contributed by atoms with Gasteiger partial charge in [0.1, 0.15) is 6.54 Å². The predicted octanol–water partition coefficient (Wildman–Crippen LogP) is 2.97. The number of rotatable bonds is 5. The number of imidazole rings is 1. The first-order chi connectivity index (χ1) is 11.6. The number of aromatic nitrogens is 2. The van der Waals surface area contributed by atoms with Gasteiger partial charge in [0.15, 0.2) is 0 Å². The second kappa shape index (κ2) is 7.07. The molecule has 5 nitrogen and oxygen atoms in total. The molecule has 5 heteroatoms. The van der Waals surface area contributed by atoms with Crippen LogP contribution in [0.3, 0.4) is 0 Å². The Bertz CT molecular complexity index is 816. The van der Waals surface area contributed by atoms with Gasteiger partial charge < -0.3 is 4.74 Å². The van der Waals surface area contributed by atoms with Crippen molar-refractivity contribution in [2.75, 3.05) is 6.61 Å². The van der Waals surface area contributed by atoms with Gasteiger partial charge in [0, 0.05) is 6.54 Å². The van der Waals surface area contributed by atoms with Crippen LogP contribution in [0.15, 0.2) is 41.2 Å². The van der Waals surface area contributed by atoms with Crippen molar-refractivity contribution in [3.8, 4) is 0 Å². The first-order valence-corrected chi connectivity index (χ1v) is 8.60. The van der Waals surface area contributed by atoms with Gasteiger partial charge in [-0.3, -0.25) is 13.9 Å². The first-order valence-electron chi connectivity index (χ1n) is 8.60. The highest BCUT2D eigenvalue weighted by molar-refractivity contribution is 5.78. The minimum absolute atomic E-state index is 0.0384. The van der Waals surface area contributed by atoms with Crippen LogP contribution in [0.2, 0.25) is 0 Å². The number of esters is 1. The van der Waals surface area contributed by atoms with Gasteiger partial charge >= 0.3 is 11.7 Å². The number of benzene rings is 1. The summed E-state index contributed by atoms with van der Waals surface area (Å²) in [5.74, 6) is 0.540. The van der Waals surface area contributed by atoms with Crippen LogP contribution in [-0.4, -0.2) is 21.7 Å². The molecule has 0 N–H and O–H groups in total. The largest absolute Gasteiger partial charge is 0.464 e. The Balaban J connectivity index is 1.73. The maximum absolute atomic E-state index is 12.5. The Morgan fingerprint density at radius 1 is 1.17 bits per heavy atom. The molecule has 3 rings (SSSR count). The molecule has 0 bridgehead atoms. The SMILES string of the molecule is CCn1c(=O)n(CC(=O)OCC2CC=CCC2C)c2ccccc21. The zero-order valence-corrected chi connectivity index (χ0v) is 14.3. The van der Waals surface area contributed by atoms with Crippen LogP contribution in [0.25, 0.3) is 11.0 Å². The third-order valence-electron chi connectivity index (χ3n) is 4.91. The summed E-state index contributed by atoms with van der Waals surface area (Å²) in [6.07, 6.45) is 6.31. The Morgan fingerprint density at radius 3 is 2.50 bits per heavy atom. The molecule has 0 amide bonds. The minimum Gasteiger partial charge on any atom is -0.464 e. The lowest BCUT2D eigenvalue weighted by molar-refractivity contribution is -0.146. The van der Waals surface area contributed by atoms with Gasteiger partial charge in [-0.15, -0.1) is 0 Å². The minimum atomic E-state index is -0.349. The maximum Gasteiger partial charge on any atom is 0.329 e. The number of para-hydroxylation sites is 2. The molecule has 0 saturated heterocycles. The molecule has 2 unspecified atom stereocenters. The summed E-state index contributed by atoms with van der Waals surface area (Å²) in [4.78, 5) is 24.8. The fraction of sp³-hybridized carbons (Fsp3) is 0.474. The zero-order chi connectivity index (χ0) is 17.1. The molecule has 1 aliphatic rings. The zero-order valence-electron chi connectivity index (χ0n) is 14.3. The number of hydrogen-bond donors (Lipinski definition) is 0. The molecule has 0 radical (unpaired) electrons. The van der Waals surface area contributed by atoms with Gasteiger partial charge in [-0.2, -0.15) is 0 Å². The highest BCUT2D eigenvalue weighted by Crippen LogP contribution is 2.25. The average molecular weight is 328 g/mol. The summed E-state index contributed by atoms with van der Waals surface area (Å²) in [6.45, 7) is 5.07. The van der Waals surface area contributed by atoms with Crippen molar-refractivity contribution < 1.29 is 9.53 Å². The molecule has 1 heterocycles. The molecular weight excluding hydrogens is 304 g/mol. The van der Waals surface area contributed by atoms with E-state index in [0.717, 1.165) is 23.9 Å². The van der Waals surface area contributed by atoms with E-state index in [2.05, 4.69) is 19.1 Å². The summed E-state index contributed by atoms with van der Waals surface area (Å²) in [6, 6.07) is 7.54. The van der Waals surface area contributed by atoms with Crippen molar-refractivity contribution in [2.45, 2.75) is 39.8 Å². The van der Waals surface area contributed by atoms with Crippen LogP contribution in [0, 0.1) is 11.8 Å². The van der Waals surface area contributed by atoms with Crippen LogP contribution in [0.1, 0.15) is 26.7 Å². The summed E-state index contributed by atoms with van der Waals surface area (Å²) in [5, 5.41) is 0. The van der Waals surface area contributed by atoms with Crippen molar-refractivity contribution >= 4 is 17.0 Å². The van der Waals surface area contributed by atoms with Gasteiger partial charge in [0.05, 0.1) is 17.6 Å². The van der Waals surface area contributed by atoms with E-state index in [4.69, 9.17) is 4.74 Å². The van der Waals surface area contributed by atoms with Crippen molar-refractivity contribution in [2.24, 2.45) is 11.8 Å². The van der Waals surface area contributed by atoms with Crippen molar-refractivity contribution in [1.29, 1.82) is 0 Å². The Morgan fingerprint density at radius 2 is 1.83 bits per heavy atom. The van der Waals surface area contributed by atoms with E-state index in [-0.39, 0.29) is 18.2 Å². The van der Waals surface area contributed by atoms with E-state index in [9.17, 15) is 9.59 Å². The topological polar surface area (TPSA) is 53.2 Å². The van der Waals surface area contributed by atoms with E-state index in [1.807, 2.05) is 31.2 Å². The molecule has 1 aromatic heterocycles. The van der Waals surface area contributed by atoms with Gasteiger partial charge in [-0.05, 0) is 43.7 Å². The fourth-order valence-electron chi connectivity index (χ4n) is 3.34. The van der Waals surface area contributed by atoms with E-state index >= 15 is 0 Å². The van der Waals surface area contributed by atoms with Crippen LogP contribution in [0.5, 0.6) is 0 Å². The number of ether oxygens (including phenoxy) is 1. The van der Waals surface area contributed by atoms with E-state index in [1.54, 1.807) is 4.57 Å². The van der Waals surface area contributed by atoms with Crippen molar-refractivity contribution in [1.82, 2.24) is 9.13 Å². The quantitative estimate of drug-likeness (QED) is 0.626. The Labute approximate surface area is 141 Å². The highest BCUT2D eigenvalue weighted by Gasteiger charge is 2.21. The second-order valence-electron chi connectivity index (χ2n) is 6.46. The highest BCUT2D eigenvalue weighted by atomic mass is 16.5. The Kier molecular flexibility index (Phi) is 4.88. The summed E-state index contributed by atoms with van der Waals surface area (Å²) in [5.41, 5.74) is 1.46. The van der Waals surface area contributed by atoms with Gasteiger partial charge in [-0.25, -0.2) is 4.79 Å². The predicted molar refractivity (Wildman–Crippen MR) is 93.9 cm³/mol. The third kappa shape index (κ3) is 3.16. The first kappa shape index (κ1) is 16.6. The standard InChI is InChI=1S/C19H24N2O3/c1-3-20-16-10-6-7-11-17(16)21(19(20)23)12-18(22)24-13-15-9-5-4-8-14(15)2/h4-7,10-11,14-15H,3,8-9,12-13H2,1-2H3. The monoisotopic (exact) mass is 328 g/mol. The van der Waals surface area contributed by atoms with Gasteiger partial charge in [0.2, 0.25) is 0 Å². The number of allylic oxidation sites excluding steroid dienone is 2. The maximum atomic E-state index is 12.5. The molecule has 2 aromatic rings. The van der Waals surface area contributed by atoms with Crippen molar-refractivity contribution in [3.63, 3.8) is 0 Å². The Hall–Kier alpha value is -2.30. The number of carbonyl (C=O) groups is 1. The molecule has 0 aliphatic heterocycles. The van der Waals surface area contributed by atoms with Gasteiger partial charge in [-0.1, -0.05) is 31.2 Å². The van der Waals surface area contributed by atoms with E-state index < -0.39 is 0 Å². The normalized spacial score (nSPS) is 20.4. The molecule has 0 spiro atoms. The molecule has 2 atom stereocenters. The number of fused-ring (bicyclic) bond motifs is 1. The molecule has 0 saturated carbocycles. The van der Waals surface area contributed by atoms with Crippen LogP contribution < -0.4 is 5.69 Å². The number of aryl methyl sites for hydroxylation is 1. The average Bonchev–Trinajstić information content (AvgIpc) is 2.86. The van der Waals surface area contributed by atoms with Crippen LogP contribution >= 0.6 is 0 Å². The molecular formula is C19H24N2O3. The van der Waals surface area contributed by atoms with Gasteiger partial charge in [0.25, 0.3) is 0 Å². The molecule has 1 aliphatic carbocycles. The molecule has 0 fully saturated rings. The van der Waals surface area contributed by atoms with E-state index in [1.165, 1.54) is 4.57 Å². The van der Waals surface area contributed by atoms with Crippen LogP contribution in [-0.2, 0) is 22.6 Å².